The van der Waals surface area contributed by atoms with Crippen molar-refractivity contribution >= 4 is 21.9 Å². The number of rotatable bonds is 2. The van der Waals surface area contributed by atoms with Crippen LogP contribution in [0.3, 0.4) is 0 Å². The van der Waals surface area contributed by atoms with E-state index >= 15 is 0 Å². The van der Waals surface area contributed by atoms with E-state index in [0.717, 1.165) is 0 Å². The Kier molecular flexibility index (Phi) is 3.62. The average molecular weight is 368 g/mol. The van der Waals surface area contributed by atoms with Gasteiger partial charge in [0.25, 0.3) is 0 Å². The van der Waals surface area contributed by atoms with Crippen molar-refractivity contribution in [1.29, 1.82) is 0 Å². The van der Waals surface area contributed by atoms with Crippen LogP contribution in [-0.4, -0.2) is 10.3 Å². The summed E-state index contributed by atoms with van der Waals surface area (Å²) >= 11 is 0. The molecule has 0 aliphatic carbocycles. The van der Waals surface area contributed by atoms with E-state index in [1.54, 1.807) is 72.8 Å². The lowest BCUT2D eigenvalue weighted by Gasteiger charge is -2.07. The van der Waals surface area contributed by atoms with Crippen LogP contribution in [0.2, 0.25) is 0 Å². The molecule has 0 spiro atoms. The summed E-state index contributed by atoms with van der Waals surface area (Å²) in [4.78, 5) is 25.9. The topological polar surface area (TPSA) is 86.2 Å². The Morgan fingerprint density at radius 3 is 1.39 bits per heavy atom. The van der Waals surface area contributed by atoms with Gasteiger partial charge >= 0.3 is 0 Å². The predicted molar refractivity (Wildman–Crippen MR) is 105 cm³/mol. The third kappa shape index (κ3) is 2.43. The molecule has 2 heterocycles. The van der Waals surface area contributed by atoms with Crippen LogP contribution < -0.4 is 10.9 Å². The van der Waals surface area contributed by atoms with Gasteiger partial charge in [0.15, 0.2) is 22.6 Å². The number of para-hydroxylation sites is 2. The molecule has 0 N–H and O–H groups in total. The Labute approximate surface area is 157 Å². The molecule has 5 aromatic rings. The van der Waals surface area contributed by atoms with Crippen molar-refractivity contribution in [2.45, 2.75) is 0 Å². The molecule has 6 heteroatoms. The Balaban J connectivity index is 1.80. The molecule has 0 unspecified atom stereocenters. The Morgan fingerprint density at radius 2 is 0.929 bits per heavy atom. The predicted octanol–water partition coefficient (Wildman–Crippen LogP) is 4.02. The first-order valence-corrected chi connectivity index (χ1v) is 8.61. The molecular formula is C22H12N2O4. The number of hydrogen-bond donors (Lipinski definition) is 0. The van der Waals surface area contributed by atoms with Gasteiger partial charge in [0.2, 0.25) is 10.9 Å². The largest absolute Gasteiger partial charge is 0.355 e. The minimum absolute atomic E-state index is 0.114. The fourth-order valence-electron chi connectivity index (χ4n) is 3.23. The lowest BCUT2D eigenvalue weighted by Crippen LogP contribution is -2.11. The zero-order chi connectivity index (χ0) is 19.1. The van der Waals surface area contributed by atoms with E-state index in [-0.39, 0.29) is 22.2 Å². The first kappa shape index (κ1) is 16.1. The van der Waals surface area contributed by atoms with Crippen molar-refractivity contribution in [3.8, 4) is 22.5 Å². The molecular weight excluding hydrogens is 356 g/mol. The van der Waals surface area contributed by atoms with Gasteiger partial charge in [-0.2, -0.15) is 0 Å². The highest BCUT2D eigenvalue weighted by atomic mass is 16.5. The van der Waals surface area contributed by atoms with Crippen LogP contribution in [0.25, 0.3) is 44.5 Å². The second kappa shape index (κ2) is 6.28. The fraction of sp³-hybridized carbons (Fsp3) is 0. The Hall–Kier alpha value is -4.06. The molecule has 0 radical (unpaired) electrons. The van der Waals surface area contributed by atoms with E-state index in [1.165, 1.54) is 0 Å². The van der Waals surface area contributed by atoms with Gasteiger partial charge < -0.3 is 9.05 Å². The molecule has 0 aliphatic rings. The van der Waals surface area contributed by atoms with Gasteiger partial charge in [-0.25, -0.2) is 0 Å². The quantitative estimate of drug-likeness (QED) is 0.468. The summed E-state index contributed by atoms with van der Waals surface area (Å²) in [5, 5.41) is 8.85. The molecule has 0 bridgehead atoms. The molecule has 0 saturated heterocycles. The van der Waals surface area contributed by atoms with Crippen LogP contribution >= 0.6 is 0 Å². The van der Waals surface area contributed by atoms with Crippen LogP contribution in [0.1, 0.15) is 0 Å². The van der Waals surface area contributed by atoms with Crippen LogP contribution in [-0.2, 0) is 0 Å². The van der Waals surface area contributed by atoms with Crippen LogP contribution in [0, 0.1) is 0 Å². The van der Waals surface area contributed by atoms with E-state index < -0.39 is 0 Å². The Bertz CT molecular complexity index is 1350. The van der Waals surface area contributed by atoms with Crippen molar-refractivity contribution in [3.05, 3.63) is 93.2 Å². The maximum atomic E-state index is 13.0. The van der Waals surface area contributed by atoms with Gasteiger partial charge in [-0.3, -0.25) is 9.59 Å². The summed E-state index contributed by atoms with van der Waals surface area (Å²) in [5.74, 6) is 0. The number of nitrogens with zero attached hydrogens (tertiary/aromatic N) is 2. The molecule has 28 heavy (non-hydrogen) atoms. The molecule has 6 nitrogen and oxygen atoms in total. The SMILES string of the molecule is O=c1c(-c2ccccc2-c2noc3ccccc3c2=O)noc2ccccc12. The van der Waals surface area contributed by atoms with Gasteiger partial charge in [0, 0.05) is 11.1 Å². The first-order chi connectivity index (χ1) is 13.7. The summed E-state index contributed by atoms with van der Waals surface area (Å²) in [7, 11) is 0. The first-order valence-electron chi connectivity index (χ1n) is 8.61. The van der Waals surface area contributed by atoms with E-state index in [9.17, 15) is 9.59 Å². The molecule has 0 fully saturated rings. The molecule has 0 atom stereocenters. The van der Waals surface area contributed by atoms with Crippen LogP contribution in [0.5, 0.6) is 0 Å². The number of hydrogen-bond acceptors (Lipinski definition) is 6. The second-order valence-corrected chi connectivity index (χ2v) is 6.26. The van der Waals surface area contributed by atoms with Gasteiger partial charge in [0.05, 0.1) is 10.8 Å². The summed E-state index contributed by atoms with van der Waals surface area (Å²) in [6, 6.07) is 20.7. The molecule has 134 valence electrons. The summed E-state index contributed by atoms with van der Waals surface area (Å²) in [6.45, 7) is 0. The number of fused-ring (bicyclic) bond motifs is 2. The molecule has 0 amide bonds. The van der Waals surface area contributed by atoms with Crippen molar-refractivity contribution in [1.82, 2.24) is 10.3 Å². The van der Waals surface area contributed by atoms with E-state index in [4.69, 9.17) is 9.05 Å². The highest BCUT2D eigenvalue weighted by molar-refractivity contribution is 5.87. The minimum Gasteiger partial charge on any atom is -0.355 e. The number of aromatic nitrogens is 2. The second-order valence-electron chi connectivity index (χ2n) is 6.26. The van der Waals surface area contributed by atoms with Crippen LogP contribution in [0.15, 0.2) is 91.4 Å². The smallest absolute Gasteiger partial charge is 0.219 e. The van der Waals surface area contributed by atoms with Gasteiger partial charge in [0.1, 0.15) is 0 Å². The van der Waals surface area contributed by atoms with Crippen molar-refractivity contribution in [2.24, 2.45) is 0 Å². The molecule has 0 aliphatic heterocycles. The number of benzene rings is 3. The van der Waals surface area contributed by atoms with Crippen molar-refractivity contribution in [3.63, 3.8) is 0 Å². The maximum Gasteiger partial charge on any atom is 0.219 e. The zero-order valence-corrected chi connectivity index (χ0v) is 14.5. The summed E-state index contributed by atoms with van der Waals surface area (Å²) < 4.78 is 10.8. The monoisotopic (exact) mass is 368 g/mol. The summed E-state index contributed by atoms with van der Waals surface area (Å²) in [5.41, 5.74) is 1.38. The molecule has 0 saturated carbocycles. The lowest BCUT2D eigenvalue weighted by molar-refractivity contribution is 0.443. The highest BCUT2D eigenvalue weighted by Crippen LogP contribution is 2.28. The van der Waals surface area contributed by atoms with E-state index in [2.05, 4.69) is 10.3 Å². The average Bonchev–Trinajstić information content (AvgIpc) is 2.75. The van der Waals surface area contributed by atoms with Crippen LogP contribution in [0.4, 0.5) is 0 Å². The maximum absolute atomic E-state index is 13.0. The third-order valence-corrected chi connectivity index (χ3v) is 4.60. The highest BCUT2D eigenvalue weighted by Gasteiger charge is 2.19. The van der Waals surface area contributed by atoms with Gasteiger partial charge in [-0.05, 0) is 24.3 Å². The summed E-state index contributed by atoms with van der Waals surface area (Å²) in [6.07, 6.45) is 0. The standard InChI is InChI=1S/C22H12N2O4/c25-21-15-9-3-5-11-17(15)27-23-19(21)13-7-1-2-8-14(13)20-22(26)16-10-4-6-12-18(16)28-24-20/h1-12H. The van der Waals surface area contributed by atoms with E-state index in [0.29, 0.717) is 33.1 Å². The van der Waals surface area contributed by atoms with Crippen molar-refractivity contribution < 1.29 is 9.05 Å². The van der Waals surface area contributed by atoms with Crippen molar-refractivity contribution in [2.75, 3.05) is 0 Å². The fourth-order valence-corrected chi connectivity index (χ4v) is 3.23. The zero-order valence-electron chi connectivity index (χ0n) is 14.5. The molecule has 5 rings (SSSR count). The van der Waals surface area contributed by atoms with Gasteiger partial charge in [-0.1, -0.05) is 58.8 Å². The lowest BCUT2D eigenvalue weighted by atomic mass is 9.99. The Morgan fingerprint density at radius 1 is 0.536 bits per heavy atom. The molecule has 2 aromatic heterocycles. The van der Waals surface area contributed by atoms with E-state index in [1.807, 2.05) is 0 Å². The normalized spacial score (nSPS) is 11.1. The molecule has 3 aromatic carbocycles. The minimum atomic E-state index is -0.278. The third-order valence-electron chi connectivity index (χ3n) is 4.60. The van der Waals surface area contributed by atoms with Gasteiger partial charge in [-0.15, -0.1) is 0 Å².